The quantitative estimate of drug-likeness (QED) is 0.840. The van der Waals surface area contributed by atoms with Gasteiger partial charge in [-0.05, 0) is 37.0 Å². The first-order chi connectivity index (χ1) is 10.6. The molecule has 1 amide bonds. The van der Waals surface area contributed by atoms with Gasteiger partial charge in [0.05, 0.1) is 0 Å². The van der Waals surface area contributed by atoms with Crippen molar-refractivity contribution in [2.45, 2.75) is 25.2 Å². The summed E-state index contributed by atoms with van der Waals surface area (Å²) >= 11 is 0. The molecule has 2 aromatic heterocycles. The molecular formula is C15H15N3O4. The van der Waals surface area contributed by atoms with Crippen LogP contribution >= 0.6 is 0 Å². The van der Waals surface area contributed by atoms with E-state index in [2.05, 4.69) is 15.3 Å². The summed E-state index contributed by atoms with van der Waals surface area (Å²) in [5, 5.41) is 11.4. The molecule has 0 saturated heterocycles. The van der Waals surface area contributed by atoms with Crippen molar-refractivity contribution in [2.75, 3.05) is 6.54 Å². The zero-order valence-electron chi connectivity index (χ0n) is 11.8. The Morgan fingerprint density at radius 2 is 1.91 bits per heavy atom. The van der Waals surface area contributed by atoms with E-state index in [0.717, 1.165) is 24.2 Å². The Kier molecular flexibility index (Phi) is 3.86. The maximum absolute atomic E-state index is 11.8. The van der Waals surface area contributed by atoms with Gasteiger partial charge >= 0.3 is 5.97 Å². The normalized spacial score (nSPS) is 13.8. The number of carbonyl (C=O) groups excluding carboxylic acids is 1. The smallest absolute Gasteiger partial charge is 0.371 e. The summed E-state index contributed by atoms with van der Waals surface area (Å²) in [5.41, 5.74) is 0.940. The number of amides is 1. The number of carbonyl (C=O) groups is 2. The van der Waals surface area contributed by atoms with Crippen molar-refractivity contribution in [3.63, 3.8) is 0 Å². The van der Waals surface area contributed by atoms with Gasteiger partial charge in [-0.25, -0.2) is 14.8 Å². The lowest BCUT2D eigenvalue weighted by molar-refractivity contribution is 0.0659. The Bertz CT molecular complexity index is 689. The van der Waals surface area contributed by atoms with Gasteiger partial charge in [-0.15, -0.1) is 0 Å². The zero-order valence-corrected chi connectivity index (χ0v) is 11.8. The minimum Gasteiger partial charge on any atom is -0.475 e. The fourth-order valence-corrected chi connectivity index (χ4v) is 2.03. The van der Waals surface area contributed by atoms with Gasteiger partial charge in [0.25, 0.3) is 5.91 Å². The maximum Gasteiger partial charge on any atom is 0.371 e. The lowest BCUT2D eigenvalue weighted by atomic mass is 10.2. The van der Waals surface area contributed by atoms with Crippen molar-refractivity contribution in [3.8, 4) is 0 Å². The van der Waals surface area contributed by atoms with E-state index >= 15 is 0 Å². The molecule has 0 aromatic carbocycles. The van der Waals surface area contributed by atoms with Gasteiger partial charge < -0.3 is 14.8 Å². The number of nitrogens with one attached hydrogen (secondary N) is 1. The van der Waals surface area contributed by atoms with Crippen molar-refractivity contribution in [1.29, 1.82) is 0 Å². The predicted molar refractivity (Wildman–Crippen MR) is 75.7 cm³/mol. The van der Waals surface area contributed by atoms with Crippen LogP contribution in [0.1, 0.15) is 51.3 Å². The second-order valence-corrected chi connectivity index (χ2v) is 5.20. The molecule has 0 aliphatic heterocycles. The lowest BCUT2D eigenvalue weighted by Crippen LogP contribution is -2.25. The topological polar surface area (TPSA) is 105 Å². The highest BCUT2D eigenvalue weighted by Crippen LogP contribution is 2.37. The fourth-order valence-electron chi connectivity index (χ4n) is 2.03. The molecule has 1 aliphatic rings. The van der Waals surface area contributed by atoms with Crippen LogP contribution in [0, 0.1) is 0 Å². The Balaban J connectivity index is 1.49. The van der Waals surface area contributed by atoms with E-state index in [-0.39, 0.29) is 11.5 Å². The van der Waals surface area contributed by atoms with E-state index < -0.39 is 11.9 Å². The third kappa shape index (κ3) is 3.30. The van der Waals surface area contributed by atoms with Gasteiger partial charge in [0.15, 0.2) is 5.76 Å². The Morgan fingerprint density at radius 1 is 1.23 bits per heavy atom. The molecule has 0 spiro atoms. The van der Waals surface area contributed by atoms with Gasteiger partial charge in [-0.2, -0.15) is 0 Å². The molecule has 7 nitrogen and oxygen atoms in total. The summed E-state index contributed by atoms with van der Waals surface area (Å²) in [5.74, 6) is -0.498. The second-order valence-electron chi connectivity index (χ2n) is 5.20. The molecule has 2 heterocycles. The first-order valence-electron chi connectivity index (χ1n) is 7.05. The van der Waals surface area contributed by atoms with Crippen LogP contribution in [0.5, 0.6) is 0 Å². The van der Waals surface area contributed by atoms with Gasteiger partial charge in [-0.3, -0.25) is 4.79 Å². The number of carboxylic acid groups (broad SMARTS) is 1. The van der Waals surface area contributed by atoms with Crippen LogP contribution in [0.25, 0.3) is 0 Å². The first kappa shape index (κ1) is 14.2. The molecule has 0 radical (unpaired) electrons. The summed E-state index contributed by atoms with van der Waals surface area (Å²) < 4.78 is 4.92. The molecule has 114 valence electrons. The molecule has 1 fully saturated rings. The van der Waals surface area contributed by atoms with Crippen LogP contribution < -0.4 is 5.32 Å². The number of nitrogens with zero attached hydrogens (tertiary/aromatic N) is 2. The minimum absolute atomic E-state index is 0.0160. The van der Waals surface area contributed by atoms with Crippen molar-refractivity contribution in [1.82, 2.24) is 15.3 Å². The van der Waals surface area contributed by atoms with Crippen LogP contribution in [0.15, 0.2) is 28.9 Å². The summed E-state index contributed by atoms with van der Waals surface area (Å²) in [7, 11) is 0. The number of furan rings is 1. The highest BCUT2D eigenvalue weighted by molar-refractivity contribution is 5.93. The number of rotatable bonds is 6. The lowest BCUT2D eigenvalue weighted by Gasteiger charge is -2.04. The van der Waals surface area contributed by atoms with Gasteiger partial charge in [0, 0.05) is 24.9 Å². The van der Waals surface area contributed by atoms with Crippen molar-refractivity contribution < 1.29 is 19.1 Å². The molecule has 22 heavy (non-hydrogen) atoms. The van der Waals surface area contributed by atoms with E-state index in [4.69, 9.17) is 9.52 Å². The summed E-state index contributed by atoms with van der Waals surface area (Å²) in [6.07, 6.45) is 6.49. The maximum atomic E-state index is 11.8. The van der Waals surface area contributed by atoms with Crippen molar-refractivity contribution in [2.24, 2.45) is 0 Å². The number of aromatic nitrogens is 2. The largest absolute Gasteiger partial charge is 0.475 e. The van der Waals surface area contributed by atoms with E-state index in [0.29, 0.717) is 18.9 Å². The summed E-state index contributed by atoms with van der Waals surface area (Å²) in [4.78, 5) is 31.1. The molecule has 0 bridgehead atoms. The molecule has 2 aromatic rings. The Hall–Kier alpha value is -2.70. The number of hydrogen-bond acceptors (Lipinski definition) is 5. The van der Waals surface area contributed by atoms with Gasteiger partial charge in [0.1, 0.15) is 5.82 Å². The van der Waals surface area contributed by atoms with Crippen molar-refractivity contribution >= 4 is 11.9 Å². The third-order valence-corrected chi connectivity index (χ3v) is 3.41. The minimum atomic E-state index is -1.20. The van der Waals surface area contributed by atoms with Crippen molar-refractivity contribution in [3.05, 3.63) is 47.4 Å². The molecule has 1 saturated carbocycles. The highest BCUT2D eigenvalue weighted by Gasteiger charge is 2.26. The first-order valence-corrected chi connectivity index (χ1v) is 7.05. The number of carboxylic acids is 1. The van der Waals surface area contributed by atoms with E-state index in [1.807, 2.05) is 0 Å². The Labute approximate surface area is 126 Å². The SMILES string of the molecule is O=C(O)c1ccc(C(=O)NCCc2cnc(C3CC3)nc2)o1. The zero-order chi connectivity index (χ0) is 15.5. The average Bonchev–Trinajstić information content (AvgIpc) is 3.23. The molecule has 1 aliphatic carbocycles. The number of hydrogen-bond donors (Lipinski definition) is 2. The molecule has 2 N–H and O–H groups in total. The molecule has 0 atom stereocenters. The number of aromatic carboxylic acids is 1. The third-order valence-electron chi connectivity index (χ3n) is 3.41. The van der Waals surface area contributed by atoms with Crippen LogP contribution in [-0.2, 0) is 6.42 Å². The summed E-state index contributed by atoms with van der Waals surface area (Å²) in [6, 6.07) is 2.59. The molecule has 3 rings (SSSR count). The summed E-state index contributed by atoms with van der Waals surface area (Å²) in [6.45, 7) is 0.397. The Morgan fingerprint density at radius 3 is 2.50 bits per heavy atom. The van der Waals surface area contributed by atoms with Crippen LogP contribution in [0.4, 0.5) is 0 Å². The second kappa shape index (κ2) is 5.97. The van der Waals surface area contributed by atoms with Crippen LogP contribution in [0.2, 0.25) is 0 Å². The average molecular weight is 301 g/mol. The molecule has 7 heteroatoms. The monoisotopic (exact) mass is 301 g/mol. The van der Waals surface area contributed by atoms with E-state index in [1.165, 1.54) is 12.1 Å². The highest BCUT2D eigenvalue weighted by atomic mass is 16.4. The molecular weight excluding hydrogens is 286 g/mol. The van der Waals surface area contributed by atoms with E-state index in [1.54, 1.807) is 12.4 Å². The van der Waals surface area contributed by atoms with Gasteiger partial charge in [-0.1, -0.05) is 0 Å². The van der Waals surface area contributed by atoms with E-state index in [9.17, 15) is 9.59 Å². The van der Waals surface area contributed by atoms with Crippen LogP contribution in [0.3, 0.4) is 0 Å². The molecule has 0 unspecified atom stereocenters. The fraction of sp³-hybridized carbons (Fsp3) is 0.333. The standard InChI is InChI=1S/C15H15N3O4/c19-14(11-3-4-12(22-11)15(20)21)16-6-5-9-7-17-13(18-8-9)10-1-2-10/h3-4,7-8,10H,1-2,5-6H2,(H,16,19)(H,20,21). The predicted octanol–water partition coefficient (Wildman–Crippen LogP) is 1.62. The van der Waals surface area contributed by atoms with Gasteiger partial charge in [0.2, 0.25) is 5.76 Å². The van der Waals surface area contributed by atoms with Crippen LogP contribution in [-0.4, -0.2) is 33.5 Å².